The Morgan fingerprint density at radius 1 is 1.62 bits per heavy atom. The molecule has 13 heavy (non-hydrogen) atoms. The van der Waals surface area contributed by atoms with Gasteiger partial charge in [-0.2, -0.15) is 5.10 Å². The summed E-state index contributed by atoms with van der Waals surface area (Å²) in [6, 6.07) is 0. The monoisotopic (exact) mass is 200 g/mol. The fourth-order valence-electron chi connectivity index (χ4n) is 1.06. The van der Waals surface area contributed by atoms with Crippen molar-refractivity contribution < 1.29 is 4.79 Å². The summed E-state index contributed by atoms with van der Waals surface area (Å²) in [6.07, 6.45) is 2.61. The van der Waals surface area contributed by atoms with Crippen molar-refractivity contribution in [1.29, 1.82) is 0 Å². The maximum atomic E-state index is 11.3. The third-order valence-electron chi connectivity index (χ3n) is 1.69. The molecule has 0 atom stereocenters. The molecule has 0 saturated carbocycles. The molecule has 0 aliphatic carbocycles. The molecule has 0 aromatic rings. The number of carbonyl (C=O) groups is 1. The lowest BCUT2D eigenvalue weighted by molar-refractivity contribution is -0.114. The van der Waals surface area contributed by atoms with Gasteiger partial charge in [0.15, 0.2) is 5.11 Å². The molecule has 0 aromatic carbocycles. The number of rotatable bonds is 1. The first-order chi connectivity index (χ1) is 6.20. The fraction of sp³-hybridized carbons (Fsp3) is 0.571. The van der Waals surface area contributed by atoms with E-state index in [1.807, 2.05) is 0 Å². The van der Waals surface area contributed by atoms with Gasteiger partial charge >= 0.3 is 0 Å². The van der Waals surface area contributed by atoms with E-state index in [4.69, 9.17) is 5.73 Å². The predicted molar refractivity (Wildman–Crippen MR) is 54.2 cm³/mol. The molecule has 0 bridgehead atoms. The minimum atomic E-state index is -0.138. The lowest BCUT2D eigenvalue weighted by Gasteiger charge is -2.01. The first-order valence-corrected chi connectivity index (χ1v) is 4.51. The van der Waals surface area contributed by atoms with Gasteiger partial charge in [0.25, 0.3) is 5.91 Å². The molecule has 5 nitrogen and oxygen atoms in total. The van der Waals surface area contributed by atoms with E-state index in [1.54, 1.807) is 0 Å². The number of thiocarbonyl (C=S) groups is 1. The molecule has 1 aliphatic heterocycles. The van der Waals surface area contributed by atoms with Crippen molar-refractivity contribution in [2.75, 3.05) is 6.54 Å². The van der Waals surface area contributed by atoms with Crippen molar-refractivity contribution in [3.63, 3.8) is 0 Å². The highest BCUT2D eigenvalue weighted by Gasteiger charge is 2.14. The minimum Gasteiger partial charge on any atom is -0.375 e. The number of nitrogens with zero attached hydrogens (tertiary/aromatic N) is 1. The molecular formula is C7H12N4OS. The van der Waals surface area contributed by atoms with E-state index in [2.05, 4.69) is 28.1 Å². The third kappa shape index (κ3) is 3.37. The van der Waals surface area contributed by atoms with Crippen LogP contribution in [0.25, 0.3) is 0 Å². The summed E-state index contributed by atoms with van der Waals surface area (Å²) in [5.41, 5.74) is 8.05. The Morgan fingerprint density at radius 3 is 3.08 bits per heavy atom. The summed E-state index contributed by atoms with van der Waals surface area (Å²) in [7, 11) is 0. The standard InChI is InChI=1S/C7H12N4OS/c8-7(13)11-10-5-3-1-2-4-9-6(5)12/h1-4H2,(H,9,12)(H3,8,11,13). The molecule has 1 fully saturated rings. The minimum absolute atomic E-state index is 0.0737. The Hall–Kier alpha value is -1.17. The van der Waals surface area contributed by atoms with Crippen LogP contribution in [0.3, 0.4) is 0 Å². The summed E-state index contributed by atoms with van der Waals surface area (Å²) < 4.78 is 0. The highest BCUT2D eigenvalue weighted by molar-refractivity contribution is 7.80. The molecular weight excluding hydrogens is 188 g/mol. The van der Waals surface area contributed by atoms with E-state index in [0.717, 1.165) is 12.8 Å². The Kier molecular flexibility index (Phi) is 3.63. The molecule has 0 unspecified atom stereocenters. The highest BCUT2D eigenvalue weighted by Crippen LogP contribution is 2.01. The van der Waals surface area contributed by atoms with Crippen molar-refractivity contribution in [2.45, 2.75) is 19.3 Å². The molecule has 6 heteroatoms. The van der Waals surface area contributed by atoms with Crippen LogP contribution in [0.5, 0.6) is 0 Å². The van der Waals surface area contributed by atoms with Gasteiger partial charge in [0.2, 0.25) is 0 Å². The topological polar surface area (TPSA) is 79.5 Å². The van der Waals surface area contributed by atoms with E-state index in [0.29, 0.717) is 18.7 Å². The molecule has 1 aliphatic rings. The number of carbonyl (C=O) groups excluding carboxylic acids is 1. The second kappa shape index (κ2) is 4.76. The van der Waals surface area contributed by atoms with Crippen molar-refractivity contribution in [3.8, 4) is 0 Å². The summed E-state index contributed by atoms with van der Waals surface area (Å²) in [6.45, 7) is 0.713. The SMILES string of the molecule is NC(=S)NN=C1CCCCNC1=O. The van der Waals surface area contributed by atoms with Crippen LogP contribution in [0.2, 0.25) is 0 Å². The van der Waals surface area contributed by atoms with Gasteiger partial charge in [-0.25, -0.2) is 0 Å². The van der Waals surface area contributed by atoms with Gasteiger partial charge < -0.3 is 11.1 Å². The van der Waals surface area contributed by atoms with Crippen LogP contribution in [0.15, 0.2) is 5.10 Å². The Morgan fingerprint density at radius 2 is 2.38 bits per heavy atom. The van der Waals surface area contributed by atoms with Crippen molar-refractivity contribution in [3.05, 3.63) is 0 Å². The van der Waals surface area contributed by atoms with Gasteiger partial charge in [0.1, 0.15) is 5.71 Å². The normalized spacial score (nSPS) is 20.6. The molecule has 0 spiro atoms. The molecule has 1 saturated heterocycles. The molecule has 1 rings (SSSR count). The van der Waals surface area contributed by atoms with Crippen LogP contribution in [-0.2, 0) is 4.79 Å². The molecule has 1 amide bonds. The van der Waals surface area contributed by atoms with E-state index >= 15 is 0 Å². The number of hydrazone groups is 1. The van der Waals surface area contributed by atoms with Gasteiger partial charge in [-0.15, -0.1) is 0 Å². The van der Waals surface area contributed by atoms with Crippen LogP contribution in [0.4, 0.5) is 0 Å². The van der Waals surface area contributed by atoms with Crippen molar-refractivity contribution >= 4 is 28.9 Å². The fourth-order valence-corrected chi connectivity index (χ4v) is 1.11. The van der Waals surface area contributed by atoms with Gasteiger partial charge in [-0.1, -0.05) is 0 Å². The first kappa shape index (κ1) is 9.91. The maximum Gasteiger partial charge on any atom is 0.267 e. The molecule has 4 N–H and O–H groups in total. The van der Waals surface area contributed by atoms with Gasteiger partial charge in [0.05, 0.1) is 0 Å². The Labute approximate surface area is 81.7 Å². The van der Waals surface area contributed by atoms with E-state index in [9.17, 15) is 4.79 Å². The molecule has 72 valence electrons. The molecule has 0 radical (unpaired) electrons. The third-order valence-corrected chi connectivity index (χ3v) is 1.78. The smallest absolute Gasteiger partial charge is 0.267 e. The zero-order chi connectivity index (χ0) is 9.68. The summed E-state index contributed by atoms with van der Waals surface area (Å²) >= 11 is 4.56. The maximum absolute atomic E-state index is 11.3. The van der Waals surface area contributed by atoms with Crippen LogP contribution in [0, 0.1) is 0 Å². The lowest BCUT2D eigenvalue weighted by Crippen LogP contribution is -2.32. The first-order valence-electron chi connectivity index (χ1n) is 4.10. The lowest BCUT2D eigenvalue weighted by atomic mass is 10.2. The van der Waals surface area contributed by atoms with Gasteiger partial charge in [-0.05, 0) is 31.5 Å². The van der Waals surface area contributed by atoms with E-state index < -0.39 is 0 Å². The number of nitrogens with one attached hydrogen (secondary N) is 2. The largest absolute Gasteiger partial charge is 0.375 e. The van der Waals surface area contributed by atoms with Crippen LogP contribution >= 0.6 is 12.2 Å². The summed E-state index contributed by atoms with van der Waals surface area (Å²) in [4.78, 5) is 11.3. The quantitative estimate of drug-likeness (QED) is 0.393. The summed E-state index contributed by atoms with van der Waals surface area (Å²) in [5, 5.41) is 6.61. The Bertz CT molecular complexity index is 251. The van der Waals surface area contributed by atoms with E-state index in [-0.39, 0.29) is 11.0 Å². The summed E-state index contributed by atoms with van der Waals surface area (Å²) in [5.74, 6) is -0.138. The second-order valence-electron chi connectivity index (χ2n) is 2.75. The zero-order valence-electron chi connectivity index (χ0n) is 7.17. The number of nitrogens with two attached hydrogens (primary N) is 1. The zero-order valence-corrected chi connectivity index (χ0v) is 7.99. The Balaban J connectivity index is 2.58. The number of hydrogen-bond donors (Lipinski definition) is 3. The van der Waals surface area contributed by atoms with Gasteiger partial charge in [-0.3, -0.25) is 10.2 Å². The van der Waals surface area contributed by atoms with E-state index in [1.165, 1.54) is 0 Å². The second-order valence-corrected chi connectivity index (χ2v) is 3.19. The average Bonchev–Trinajstić information content (AvgIpc) is 2.27. The van der Waals surface area contributed by atoms with Gasteiger partial charge in [0, 0.05) is 6.54 Å². The average molecular weight is 200 g/mol. The highest BCUT2D eigenvalue weighted by atomic mass is 32.1. The van der Waals surface area contributed by atoms with Crippen LogP contribution < -0.4 is 16.5 Å². The van der Waals surface area contributed by atoms with Crippen molar-refractivity contribution in [2.24, 2.45) is 10.8 Å². The number of amides is 1. The number of hydrogen-bond acceptors (Lipinski definition) is 3. The predicted octanol–water partition coefficient (Wildman–Crippen LogP) is -0.524. The van der Waals surface area contributed by atoms with Crippen LogP contribution in [0.1, 0.15) is 19.3 Å². The molecule has 0 aromatic heterocycles. The molecule has 1 heterocycles. The van der Waals surface area contributed by atoms with Crippen LogP contribution in [-0.4, -0.2) is 23.3 Å². The van der Waals surface area contributed by atoms with Crippen molar-refractivity contribution in [1.82, 2.24) is 10.7 Å².